The number of aromatic nitrogens is 2. The highest BCUT2D eigenvalue weighted by Gasteiger charge is 2.41. The van der Waals surface area contributed by atoms with E-state index >= 15 is 0 Å². The summed E-state index contributed by atoms with van der Waals surface area (Å²) in [7, 11) is 1.00. The number of benzene rings is 2. The molecule has 0 fully saturated rings. The lowest BCUT2D eigenvalue weighted by molar-refractivity contribution is -0.119. The quantitative estimate of drug-likeness (QED) is 0.466. The summed E-state index contributed by atoms with van der Waals surface area (Å²) in [6.07, 6.45) is 2.25. The molecule has 0 saturated carbocycles. The molecular weight excluding hydrogens is 446 g/mol. The van der Waals surface area contributed by atoms with Gasteiger partial charge in [0.25, 0.3) is 5.91 Å². The van der Waals surface area contributed by atoms with Gasteiger partial charge in [-0.15, -0.1) is 0 Å². The van der Waals surface area contributed by atoms with Crippen LogP contribution in [0.1, 0.15) is 27.7 Å². The third-order valence-corrected chi connectivity index (χ3v) is 5.23. The molecule has 31 heavy (non-hydrogen) atoms. The first-order valence-electron chi connectivity index (χ1n) is 8.89. The fourth-order valence-corrected chi connectivity index (χ4v) is 3.80. The van der Waals surface area contributed by atoms with Crippen LogP contribution in [0.4, 0.5) is 16.0 Å². The van der Waals surface area contributed by atoms with Gasteiger partial charge >= 0.3 is 0 Å². The van der Waals surface area contributed by atoms with Crippen LogP contribution in [0.15, 0.2) is 42.6 Å². The zero-order chi connectivity index (χ0) is 22.7. The maximum atomic E-state index is 13.8. The van der Waals surface area contributed by atoms with Gasteiger partial charge in [-0.25, -0.2) is 14.3 Å². The number of amides is 1. The molecule has 1 amide bonds. The summed E-state index contributed by atoms with van der Waals surface area (Å²) in [4.78, 5) is 30.2. The first-order valence-corrected chi connectivity index (χ1v) is 9.65. The van der Waals surface area contributed by atoms with Gasteiger partial charge in [-0.2, -0.15) is 5.26 Å². The molecule has 4 rings (SSSR count). The second-order valence-electron chi connectivity index (χ2n) is 6.40. The summed E-state index contributed by atoms with van der Waals surface area (Å²) in [6, 6.07) is 10.7. The zero-order valence-corrected chi connectivity index (χ0v) is 17.6. The molecule has 158 valence electrons. The SMILES string of the molecule is CO.N#Cc1ccc(CC2C(=O)N(c3cc(Cl)c(F)c(Cl)c3)c3ncc(C=O)n32)cc1. The number of halogens is 3. The van der Waals surface area contributed by atoms with Crippen molar-refractivity contribution in [2.24, 2.45) is 0 Å². The maximum Gasteiger partial charge on any atom is 0.257 e. The molecular formula is C21H15Cl2FN4O3. The van der Waals surface area contributed by atoms with E-state index < -0.39 is 11.9 Å². The van der Waals surface area contributed by atoms with E-state index in [2.05, 4.69) is 4.98 Å². The summed E-state index contributed by atoms with van der Waals surface area (Å²) in [5.41, 5.74) is 1.78. The number of nitriles is 1. The molecule has 2 aromatic carbocycles. The van der Waals surface area contributed by atoms with E-state index in [1.807, 2.05) is 6.07 Å². The van der Waals surface area contributed by atoms with Gasteiger partial charge in [-0.1, -0.05) is 35.3 Å². The molecule has 1 N–H and O–H groups in total. The molecule has 0 spiro atoms. The lowest BCUT2D eigenvalue weighted by atomic mass is 10.0. The van der Waals surface area contributed by atoms with Crippen molar-refractivity contribution in [3.63, 3.8) is 0 Å². The highest BCUT2D eigenvalue weighted by atomic mass is 35.5. The zero-order valence-electron chi connectivity index (χ0n) is 16.1. The molecule has 10 heteroatoms. The van der Waals surface area contributed by atoms with Gasteiger partial charge in [-0.3, -0.25) is 14.2 Å². The number of carbonyl (C=O) groups excluding carboxylic acids is 2. The van der Waals surface area contributed by atoms with Crippen molar-refractivity contribution in [3.8, 4) is 6.07 Å². The molecule has 3 aromatic rings. The van der Waals surface area contributed by atoms with E-state index in [0.717, 1.165) is 12.7 Å². The van der Waals surface area contributed by atoms with Crippen LogP contribution in [0, 0.1) is 17.1 Å². The highest BCUT2D eigenvalue weighted by molar-refractivity contribution is 6.35. The van der Waals surface area contributed by atoms with E-state index in [4.69, 9.17) is 33.6 Å². The normalized spacial score (nSPS) is 14.5. The van der Waals surface area contributed by atoms with Crippen LogP contribution in [0.2, 0.25) is 10.0 Å². The van der Waals surface area contributed by atoms with Crippen molar-refractivity contribution in [1.29, 1.82) is 5.26 Å². The number of aldehydes is 1. The van der Waals surface area contributed by atoms with Crippen LogP contribution < -0.4 is 4.90 Å². The number of hydrogen-bond acceptors (Lipinski definition) is 5. The van der Waals surface area contributed by atoms with E-state index in [1.54, 1.807) is 24.3 Å². The first kappa shape index (κ1) is 22.4. The lowest BCUT2D eigenvalue weighted by Crippen LogP contribution is -2.26. The Bertz CT molecular complexity index is 1170. The van der Waals surface area contributed by atoms with Crippen molar-refractivity contribution < 1.29 is 19.1 Å². The lowest BCUT2D eigenvalue weighted by Gasteiger charge is -2.17. The third kappa shape index (κ3) is 4.03. The van der Waals surface area contributed by atoms with Crippen LogP contribution in [0.3, 0.4) is 0 Å². The Morgan fingerprint density at radius 1 is 1.23 bits per heavy atom. The van der Waals surface area contributed by atoms with Gasteiger partial charge in [0.2, 0.25) is 5.95 Å². The average Bonchev–Trinajstić information content (AvgIpc) is 3.31. The largest absolute Gasteiger partial charge is 0.400 e. The molecule has 1 aromatic heterocycles. The second kappa shape index (κ2) is 9.27. The highest BCUT2D eigenvalue weighted by Crippen LogP contribution is 2.40. The number of nitrogens with zero attached hydrogens (tertiary/aromatic N) is 4. The van der Waals surface area contributed by atoms with E-state index in [1.165, 1.54) is 27.8 Å². The molecule has 2 heterocycles. The number of imidazole rings is 1. The van der Waals surface area contributed by atoms with Gasteiger partial charge in [0, 0.05) is 13.5 Å². The van der Waals surface area contributed by atoms with Crippen LogP contribution >= 0.6 is 23.2 Å². The Kier molecular flexibility index (Phi) is 6.71. The minimum absolute atomic E-state index is 0.217. The first-order chi connectivity index (χ1) is 14.9. The minimum Gasteiger partial charge on any atom is -0.400 e. The van der Waals surface area contributed by atoms with Gasteiger partial charge in [0.1, 0.15) is 11.7 Å². The molecule has 1 aliphatic rings. The summed E-state index contributed by atoms with van der Waals surface area (Å²) >= 11 is 11.8. The monoisotopic (exact) mass is 460 g/mol. The minimum atomic E-state index is -0.783. The summed E-state index contributed by atoms with van der Waals surface area (Å²) in [6.45, 7) is 0. The van der Waals surface area contributed by atoms with Crippen molar-refractivity contribution in [3.05, 3.63) is 75.3 Å². The number of carbonyl (C=O) groups is 2. The molecule has 1 aliphatic heterocycles. The van der Waals surface area contributed by atoms with Gasteiger partial charge in [0.05, 0.1) is 33.6 Å². The van der Waals surface area contributed by atoms with E-state index in [-0.39, 0.29) is 39.7 Å². The van der Waals surface area contributed by atoms with Crippen LogP contribution in [0.25, 0.3) is 0 Å². The van der Waals surface area contributed by atoms with Crippen LogP contribution in [-0.2, 0) is 11.2 Å². The number of hydrogen-bond donors (Lipinski definition) is 1. The maximum absolute atomic E-state index is 13.8. The Morgan fingerprint density at radius 3 is 2.39 bits per heavy atom. The summed E-state index contributed by atoms with van der Waals surface area (Å²) in [5, 5.41) is 15.5. The van der Waals surface area contributed by atoms with Gasteiger partial charge < -0.3 is 5.11 Å². The molecule has 0 saturated heterocycles. The molecule has 1 unspecified atom stereocenters. The Labute approximate surface area is 186 Å². The number of aliphatic hydroxyl groups is 1. The van der Waals surface area contributed by atoms with Crippen molar-refractivity contribution in [2.75, 3.05) is 12.0 Å². The summed E-state index contributed by atoms with van der Waals surface area (Å²) in [5.74, 6) is -0.927. The number of aliphatic hydroxyl groups excluding tert-OH is 1. The fourth-order valence-electron chi connectivity index (χ4n) is 3.32. The van der Waals surface area contributed by atoms with Crippen LogP contribution in [-0.4, -0.2) is 34.0 Å². The van der Waals surface area contributed by atoms with Gasteiger partial charge in [-0.05, 0) is 29.8 Å². The van der Waals surface area contributed by atoms with Crippen molar-refractivity contribution in [1.82, 2.24) is 9.55 Å². The van der Waals surface area contributed by atoms with Crippen molar-refractivity contribution >= 4 is 47.0 Å². The molecule has 7 nitrogen and oxygen atoms in total. The molecule has 0 aliphatic carbocycles. The summed E-state index contributed by atoms with van der Waals surface area (Å²) < 4.78 is 15.3. The number of fused-ring (bicyclic) bond motifs is 1. The topological polar surface area (TPSA) is 99.2 Å². The Morgan fingerprint density at radius 2 is 1.84 bits per heavy atom. The van der Waals surface area contributed by atoms with E-state index in [0.29, 0.717) is 11.8 Å². The predicted octanol–water partition coefficient (Wildman–Crippen LogP) is 4.08. The smallest absolute Gasteiger partial charge is 0.257 e. The number of anilines is 2. The standard InChI is InChI=1S/C20H11Cl2FN4O2.CH4O/c21-15-6-13(7-16(22)18(15)23)27-19(29)17(26-14(10-28)9-25-20(26)27)5-11-1-3-12(8-24)4-2-11;1-2/h1-4,6-7,9-10,17H,5H2;2H,1H3. The van der Waals surface area contributed by atoms with Gasteiger partial charge in [0.15, 0.2) is 12.1 Å². The Hall–Kier alpha value is -3.25. The molecule has 0 bridgehead atoms. The van der Waals surface area contributed by atoms with E-state index in [9.17, 15) is 14.0 Å². The fraction of sp³-hybridized carbons (Fsp3) is 0.143. The predicted molar refractivity (Wildman–Crippen MR) is 113 cm³/mol. The van der Waals surface area contributed by atoms with Crippen LogP contribution in [0.5, 0.6) is 0 Å². The average molecular weight is 461 g/mol. The third-order valence-electron chi connectivity index (χ3n) is 4.68. The van der Waals surface area contributed by atoms with Crippen molar-refractivity contribution in [2.45, 2.75) is 12.5 Å². The Balaban J connectivity index is 0.00000132. The molecule has 1 atom stereocenters. The molecule has 0 radical (unpaired) electrons. The number of rotatable bonds is 4. The second-order valence-corrected chi connectivity index (χ2v) is 7.21.